The molecule has 1 aromatic heterocycles. The van der Waals surface area contributed by atoms with Gasteiger partial charge in [-0.1, -0.05) is 66.2 Å². The summed E-state index contributed by atoms with van der Waals surface area (Å²) in [5.41, 5.74) is 11.3. The number of benzene rings is 4. The standard InChI is InChI=1S/C31H26Cl2N2O/c1-20-3-7-25(8-4-20)30-34-35-31(36-30)26-13-11-24(12-14-26)23-9-5-22(6-10-23)16-27-17-28(18-32)21(2)15-29(27)19-33/h3-15,17H,16,18-19H2,1-2H3. The van der Waals surface area contributed by atoms with Crippen molar-refractivity contribution in [2.75, 3.05) is 0 Å². The minimum Gasteiger partial charge on any atom is -0.416 e. The fraction of sp³-hybridized carbons (Fsp3) is 0.161. The lowest BCUT2D eigenvalue weighted by Crippen LogP contribution is -1.98. The molecule has 0 saturated heterocycles. The Morgan fingerprint density at radius 1 is 0.583 bits per heavy atom. The van der Waals surface area contributed by atoms with E-state index in [1.54, 1.807) is 0 Å². The Morgan fingerprint density at radius 2 is 1.08 bits per heavy atom. The van der Waals surface area contributed by atoms with Crippen LogP contribution in [0, 0.1) is 13.8 Å². The molecule has 0 amide bonds. The van der Waals surface area contributed by atoms with Crippen molar-refractivity contribution in [2.24, 2.45) is 0 Å². The third-order valence-corrected chi connectivity index (χ3v) is 7.06. The van der Waals surface area contributed by atoms with Gasteiger partial charge in [-0.3, -0.25) is 0 Å². The van der Waals surface area contributed by atoms with Gasteiger partial charge in [-0.05, 0) is 83.5 Å². The Bertz CT molecular complexity index is 1470. The van der Waals surface area contributed by atoms with Crippen LogP contribution >= 0.6 is 23.2 Å². The molecular formula is C31H26Cl2N2O. The van der Waals surface area contributed by atoms with E-state index in [0.717, 1.165) is 39.8 Å². The van der Waals surface area contributed by atoms with Crippen LogP contribution in [0.25, 0.3) is 34.0 Å². The van der Waals surface area contributed by atoms with Gasteiger partial charge in [0.25, 0.3) is 0 Å². The molecule has 0 bridgehead atoms. The first-order chi connectivity index (χ1) is 17.5. The molecule has 0 radical (unpaired) electrons. The van der Waals surface area contributed by atoms with Crippen molar-refractivity contribution in [3.63, 3.8) is 0 Å². The van der Waals surface area contributed by atoms with Crippen LogP contribution in [0.1, 0.15) is 33.4 Å². The molecule has 5 heteroatoms. The lowest BCUT2D eigenvalue weighted by molar-refractivity contribution is 0.584. The molecule has 5 aromatic rings. The smallest absolute Gasteiger partial charge is 0.248 e. The molecule has 0 unspecified atom stereocenters. The van der Waals surface area contributed by atoms with Crippen LogP contribution in [0.15, 0.2) is 89.3 Å². The summed E-state index contributed by atoms with van der Waals surface area (Å²) in [5.74, 6) is 2.04. The van der Waals surface area contributed by atoms with E-state index in [-0.39, 0.29) is 0 Å². The highest BCUT2D eigenvalue weighted by Crippen LogP contribution is 2.28. The molecule has 180 valence electrons. The average molecular weight is 513 g/mol. The van der Waals surface area contributed by atoms with E-state index >= 15 is 0 Å². The number of hydrogen-bond donors (Lipinski definition) is 0. The van der Waals surface area contributed by atoms with Gasteiger partial charge in [0.2, 0.25) is 11.8 Å². The monoisotopic (exact) mass is 512 g/mol. The number of nitrogens with zero attached hydrogens (tertiary/aromatic N) is 2. The molecule has 5 rings (SSSR count). The molecule has 0 fully saturated rings. The highest BCUT2D eigenvalue weighted by atomic mass is 35.5. The van der Waals surface area contributed by atoms with Crippen molar-refractivity contribution in [3.05, 3.63) is 118 Å². The van der Waals surface area contributed by atoms with Gasteiger partial charge in [-0.15, -0.1) is 33.4 Å². The average Bonchev–Trinajstić information content (AvgIpc) is 3.41. The Morgan fingerprint density at radius 3 is 1.64 bits per heavy atom. The molecule has 0 saturated carbocycles. The summed E-state index contributed by atoms with van der Waals surface area (Å²) < 4.78 is 5.92. The fourth-order valence-electron chi connectivity index (χ4n) is 4.29. The summed E-state index contributed by atoms with van der Waals surface area (Å²) in [4.78, 5) is 0. The number of halogens is 2. The van der Waals surface area contributed by atoms with E-state index in [9.17, 15) is 0 Å². The first kappa shape index (κ1) is 24.3. The molecule has 0 aliphatic rings. The van der Waals surface area contributed by atoms with Crippen LogP contribution in [0.5, 0.6) is 0 Å². The molecule has 0 aliphatic heterocycles. The van der Waals surface area contributed by atoms with Gasteiger partial charge in [-0.2, -0.15) is 0 Å². The predicted octanol–water partition coefficient (Wildman–Crippen LogP) is 8.76. The number of hydrogen-bond acceptors (Lipinski definition) is 3. The summed E-state index contributed by atoms with van der Waals surface area (Å²) >= 11 is 12.3. The molecular weight excluding hydrogens is 487 g/mol. The maximum Gasteiger partial charge on any atom is 0.248 e. The second-order valence-electron chi connectivity index (χ2n) is 9.04. The maximum atomic E-state index is 6.22. The maximum absolute atomic E-state index is 6.22. The quantitative estimate of drug-likeness (QED) is 0.204. The van der Waals surface area contributed by atoms with Crippen LogP contribution in [0.2, 0.25) is 0 Å². The van der Waals surface area contributed by atoms with Crippen molar-refractivity contribution in [3.8, 4) is 34.0 Å². The van der Waals surface area contributed by atoms with Crippen molar-refractivity contribution in [2.45, 2.75) is 32.0 Å². The topological polar surface area (TPSA) is 38.9 Å². The van der Waals surface area contributed by atoms with Crippen molar-refractivity contribution >= 4 is 23.2 Å². The molecule has 0 N–H and O–H groups in total. The third-order valence-electron chi connectivity index (χ3n) is 6.48. The van der Waals surface area contributed by atoms with Gasteiger partial charge >= 0.3 is 0 Å². The highest BCUT2D eigenvalue weighted by molar-refractivity contribution is 6.17. The molecule has 0 atom stereocenters. The largest absolute Gasteiger partial charge is 0.416 e. The number of aromatic nitrogens is 2. The molecule has 4 aromatic carbocycles. The zero-order chi connectivity index (χ0) is 25.1. The van der Waals surface area contributed by atoms with Crippen LogP contribution in [0.3, 0.4) is 0 Å². The van der Waals surface area contributed by atoms with E-state index in [1.165, 1.54) is 22.3 Å². The summed E-state index contributed by atoms with van der Waals surface area (Å²) in [5, 5.41) is 8.45. The number of alkyl halides is 2. The van der Waals surface area contributed by atoms with Gasteiger partial charge in [0.15, 0.2) is 0 Å². The van der Waals surface area contributed by atoms with E-state index < -0.39 is 0 Å². The summed E-state index contributed by atoms with van der Waals surface area (Å²) in [7, 11) is 0. The van der Waals surface area contributed by atoms with E-state index in [4.69, 9.17) is 27.6 Å². The molecule has 1 heterocycles. The number of aryl methyl sites for hydroxylation is 2. The lowest BCUT2D eigenvalue weighted by atomic mass is 9.94. The summed E-state index contributed by atoms with van der Waals surface area (Å²) in [6.07, 6.45) is 0.825. The second kappa shape index (κ2) is 10.7. The van der Waals surface area contributed by atoms with Gasteiger partial charge in [0, 0.05) is 22.9 Å². The fourth-order valence-corrected chi connectivity index (χ4v) is 4.83. The van der Waals surface area contributed by atoms with E-state index in [0.29, 0.717) is 23.5 Å². The van der Waals surface area contributed by atoms with Crippen LogP contribution in [-0.4, -0.2) is 10.2 Å². The lowest BCUT2D eigenvalue weighted by Gasteiger charge is -2.13. The van der Waals surface area contributed by atoms with Crippen molar-refractivity contribution in [1.82, 2.24) is 10.2 Å². The van der Waals surface area contributed by atoms with Gasteiger partial charge in [-0.25, -0.2) is 0 Å². The zero-order valence-corrected chi connectivity index (χ0v) is 21.8. The molecule has 36 heavy (non-hydrogen) atoms. The Labute approximate surface area is 221 Å². The minimum absolute atomic E-state index is 0.496. The zero-order valence-electron chi connectivity index (χ0n) is 20.3. The van der Waals surface area contributed by atoms with E-state index in [1.807, 2.05) is 36.4 Å². The first-order valence-electron chi connectivity index (χ1n) is 11.9. The number of rotatable bonds is 7. The van der Waals surface area contributed by atoms with E-state index in [2.05, 4.69) is 72.6 Å². The molecule has 0 spiro atoms. The van der Waals surface area contributed by atoms with Crippen LogP contribution in [-0.2, 0) is 18.2 Å². The molecule has 3 nitrogen and oxygen atoms in total. The summed E-state index contributed by atoms with van der Waals surface area (Å²) in [6.45, 7) is 4.14. The van der Waals surface area contributed by atoms with Crippen LogP contribution < -0.4 is 0 Å². The Balaban J connectivity index is 1.31. The van der Waals surface area contributed by atoms with Gasteiger partial charge < -0.3 is 4.42 Å². The highest BCUT2D eigenvalue weighted by Gasteiger charge is 2.11. The second-order valence-corrected chi connectivity index (χ2v) is 9.58. The SMILES string of the molecule is Cc1ccc(-c2nnc(-c3ccc(-c4ccc(Cc5cc(CCl)c(C)cc5CCl)cc4)cc3)o2)cc1. The van der Waals surface area contributed by atoms with Gasteiger partial charge in [0.05, 0.1) is 0 Å². The van der Waals surface area contributed by atoms with Gasteiger partial charge in [0.1, 0.15) is 0 Å². The summed E-state index contributed by atoms with van der Waals surface area (Å²) in [6, 6.07) is 29.3. The van der Waals surface area contributed by atoms with Crippen molar-refractivity contribution < 1.29 is 4.42 Å². The Kier molecular flexibility index (Phi) is 7.22. The first-order valence-corrected chi connectivity index (χ1v) is 12.9. The van der Waals surface area contributed by atoms with Crippen LogP contribution in [0.4, 0.5) is 0 Å². The molecule has 0 aliphatic carbocycles. The third kappa shape index (κ3) is 5.23. The normalized spacial score (nSPS) is 11.1. The minimum atomic E-state index is 0.496. The predicted molar refractivity (Wildman–Crippen MR) is 148 cm³/mol. The van der Waals surface area contributed by atoms with Crippen molar-refractivity contribution in [1.29, 1.82) is 0 Å². The Hall–Kier alpha value is -3.40.